The Morgan fingerprint density at radius 2 is 1.88 bits per heavy atom. The summed E-state index contributed by atoms with van der Waals surface area (Å²) in [6.07, 6.45) is 1.17. The third-order valence-electron chi connectivity index (χ3n) is 3.49. The Hall–Kier alpha value is 0.190. The largest absolute Gasteiger partial charge is 0.383 e. The fraction of sp³-hybridized carbons (Fsp3) is 1.00. The van der Waals surface area contributed by atoms with Crippen molar-refractivity contribution < 1.29 is 9.47 Å². The van der Waals surface area contributed by atoms with E-state index in [2.05, 4.69) is 11.8 Å². The van der Waals surface area contributed by atoms with Crippen molar-refractivity contribution >= 4 is 11.8 Å². The number of nitrogens with zero attached hydrogens (tertiary/aromatic N) is 1. The molecule has 1 heterocycles. The molecule has 1 aliphatic rings. The first-order valence-corrected chi connectivity index (χ1v) is 7.28. The summed E-state index contributed by atoms with van der Waals surface area (Å²) in [4.78, 5) is 2.45. The van der Waals surface area contributed by atoms with E-state index in [-0.39, 0.29) is 5.54 Å². The summed E-state index contributed by atoms with van der Waals surface area (Å²) in [6, 6.07) is 0. The minimum Gasteiger partial charge on any atom is -0.383 e. The smallest absolute Gasteiger partial charge is 0.0589 e. The Bertz CT molecular complexity index is 211. The summed E-state index contributed by atoms with van der Waals surface area (Å²) in [7, 11) is 3.49. The number of hydrogen-bond donors (Lipinski definition) is 1. The van der Waals surface area contributed by atoms with Crippen LogP contribution in [-0.4, -0.2) is 68.5 Å². The molecule has 0 saturated carbocycles. The Balaban J connectivity index is 2.63. The second kappa shape index (κ2) is 7.59. The standard InChI is InChI=1S/C12H26N2O2S/c1-11-8-12(9-13,10-17-11)14(4-6-15-2)5-7-16-3/h11H,4-10,13H2,1-3H3. The lowest BCUT2D eigenvalue weighted by Crippen LogP contribution is -2.56. The van der Waals surface area contributed by atoms with E-state index in [1.54, 1.807) is 14.2 Å². The van der Waals surface area contributed by atoms with Gasteiger partial charge < -0.3 is 15.2 Å². The van der Waals surface area contributed by atoms with Crippen LogP contribution in [-0.2, 0) is 9.47 Å². The molecule has 1 fully saturated rings. The van der Waals surface area contributed by atoms with Crippen molar-refractivity contribution in [2.75, 3.05) is 52.8 Å². The Morgan fingerprint density at radius 3 is 2.24 bits per heavy atom. The first-order valence-electron chi connectivity index (χ1n) is 6.23. The molecule has 1 aliphatic heterocycles. The number of ether oxygens (including phenoxy) is 2. The van der Waals surface area contributed by atoms with Crippen molar-refractivity contribution in [1.82, 2.24) is 4.90 Å². The lowest BCUT2D eigenvalue weighted by Gasteiger charge is -2.40. The highest BCUT2D eigenvalue weighted by Crippen LogP contribution is 2.37. The molecule has 2 atom stereocenters. The third kappa shape index (κ3) is 4.10. The van der Waals surface area contributed by atoms with E-state index in [4.69, 9.17) is 15.2 Å². The molecule has 5 heteroatoms. The van der Waals surface area contributed by atoms with Crippen molar-refractivity contribution in [2.45, 2.75) is 24.1 Å². The van der Waals surface area contributed by atoms with E-state index in [1.165, 1.54) is 6.42 Å². The molecule has 0 amide bonds. The van der Waals surface area contributed by atoms with E-state index < -0.39 is 0 Å². The lowest BCUT2D eigenvalue weighted by atomic mass is 9.94. The lowest BCUT2D eigenvalue weighted by molar-refractivity contribution is 0.0478. The molecule has 1 saturated heterocycles. The van der Waals surface area contributed by atoms with Crippen LogP contribution >= 0.6 is 11.8 Å². The maximum absolute atomic E-state index is 6.04. The topological polar surface area (TPSA) is 47.7 Å². The van der Waals surface area contributed by atoms with Crippen LogP contribution in [0.2, 0.25) is 0 Å². The van der Waals surface area contributed by atoms with Crippen LogP contribution in [0, 0.1) is 0 Å². The second-order valence-electron chi connectivity index (χ2n) is 4.73. The molecule has 1 rings (SSSR count). The predicted octanol–water partition coefficient (Wildman–Crippen LogP) is 0.804. The van der Waals surface area contributed by atoms with Crippen LogP contribution in [0.5, 0.6) is 0 Å². The molecule has 17 heavy (non-hydrogen) atoms. The molecule has 102 valence electrons. The quantitative estimate of drug-likeness (QED) is 0.701. The van der Waals surface area contributed by atoms with Gasteiger partial charge in [0.1, 0.15) is 0 Å². The van der Waals surface area contributed by atoms with Gasteiger partial charge in [-0.1, -0.05) is 6.92 Å². The fourth-order valence-electron chi connectivity index (χ4n) is 2.43. The van der Waals surface area contributed by atoms with Crippen molar-refractivity contribution in [3.63, 3.8) is 0 Å². The van der Waals surface area contributed by atoms with Crippen LogP contribution in [0.1, 0.15) is 13.3 Å². The molecule has 2 N–H and O–H groups in total. The van der Waals surface area contributed by atoms with Gasteiger partial charge in [-0.25, -0.2) is 0 Å². The van der Waals surface area contributed by atoms with Crippen LogP contribution < -0.4 is 5.73 Å². The number of nitrogens with two attached hydrogens (primary N) is 1. The first kappa shape index (κ1) is 15.2. The number of hydrogen-bond acceptors (Lipinski definition) is 5. The van der Waals surface area contributed by atoms with Gasteiger partial charge in [0.25, 0.3) is 0 Å². The monoisotopic (exact) mass is 262 g/mol. The highest BCUT2D eigenvalue weighted by molar-refractivity contribution is 8.00. The van der Waals surface area contributed by atoms with Crippen LogP contribution in [0.15, 0.2) is 0 Å². The zero-order chi connectivity index (χ0) is 12.7. The van der Waals surface area contributed by atoms with Gasteiger partial charge in [-0.05, 0) is 6.42 Å². The van der Waals surface area contributed by atoms with Gasteiger partial charge in [0.2, 0.25) is 0 Å². The predicted molar refractivity (Wildman–Crippen MR) is 73.6 cm³/mol. The van der Waals surface area contributed by atoms with Gasteiger partial charge in [-0.2, -0.15) is 11.8 Å². The molecule has 0 spiro atoms. The van der Waals surface area contributed by atoms with Gasteiger partial charge in [0, 0.05) is 50.4 Å². The molecule has 0 bridgehead atoms. The number of thioether (sulfide) groups is 1. The maximum atomic E-state index is 6.04. The summed E-state index contributed by atoms with van der Waals surface area (Å²) in [5.74, 6) is 1.12. The van der Waals surface area contributed by atoms with Gasteiger partial charge in [0.15, 0.2) is 0 Å². The normalized spacial score (nSPS) is 29.1. The summed E-state index contributed by atoms with van der Waals surface area (Å²) < 4.78 is 10.4. The highest BCUT2D eigenvalue weighted by Gasteiger charge is 2.41. The van der Waals surface area contributed by atoms with Crippen molar-refractivity contribution in [3.8, 4) is 0 Å². The van der Waals surface area contributed by atoms with E-state index in [1.807, 2.05) is 11.8 Å². The van der Waals surface area contributed by atoms with E-state index in [9.17, 15) is 0 Å². The Kier molecular flexibility index (Phi) is 6.80. The van der Waals surface area contributed by atoms with Crippen molar-refractivity contribution in [2.24, 2.45) is 5.73 Å². The first-order chi connectivity index (χ1) is 8.18. The molecular formula is C12H26N2O2S. The summed E-state index contributed by atoms with van der Waals surface area (Å²) >= 11 is 2.02. The van der Waals surface area contributed by atoms with Crippen molar-refractivity contribution in [3.05, 3.63) is 0 Å². The molecule has 4 nitrogen and oxygen atoms in total. The number of rotatable bonds is 8. The van der Waals surface area contributed by atoms with E-state index in [0.29, 0.717) is 5.25 Å². The Labute approximate surface area is 109 Å². The molecule has 2 unspecified atom stereocenters. The van der Waals surface area contributed by atoms with Gasteiger partial charge in [-0.3, -0.25) is 4.90 Å². The fourth-order valence-corrected chi connectivity index (χ4v) is 3.87. The van der Waals surface area contributed by atoms with E-state index >= 15 is 0 Å². The number of methoxy groups -OCH3 is 2. The molecule has 0 aliphatic carbocycles. The molecule has 0 radical (unpaired) electrons. The van der Waals surface area contributed by atoms with Crippen molar-refractivity contribution in [1.29, 1.82) is 0 Å². The van der Waals surface area contributed by atoms with Gasteiger partial charge in [-0.15, -0.1) is 0 Å². The zero-order valence-corrected chi connectivity index (χ0v) is 12.1. The molecular weight excluding hydrogens is 236 g/mol. The molecule has 0 aromatic heterocycles. The van der Waals surface area contributed by atoms with Crippen LogP contribution in [0.4, 0.5) is 0 Å². The summed E-state index contributed by atoms with van der Waals surface area (Å²) in [5.41, 5.74) is 6.18. The summed E-state index contributed by atoms with van der Waals surface area (Å²) in [6.45, 7) is 6.38. The van der Waals surface area contributed by atoms with Gasteiger partial charge >= 0.3 is 0 Å². The van der Waals surface area contributed by atoms with E-state index in [0.717, 1.165) is 38.6 Å². The van der Waals surface area contributed by atoms with Gasteiger partial charge in [0.05, 0.1) is 13.2 Å². The molecule has 0 aromatic rings. The SMILES string of the molecule is COCCN(CCOC)C1(CN)CSC(C)C1. The average Bonchev–Trinajstić information content (AvgIpc) is 2.72. The average molecular weight is 262 g/mol. The maximum Gasteiger partial charge on any atom is 0.0589 e. The van der Waals surface area contributed by atoms with Crippen LogP contribution in [0.3, 0.4) is 0 Å². The third-order valence-corrected chi connectivity index (χ3v) is 4.93. The summed E-state index contributed by atoms with van der Waals surface area (Å²) in [5, 5.41) is 0.700. The van der Waals surface area contributed by atoms with Crippen LogP contribution in [0.25, 0.3) is 0 Å². The minimum atomic E-state index is 0.140. The zero-order valence-electron chi connectivity index (χ0n) is 11.3. The second-order valence-corrected chi connectivity index (χ2v) is 6.15. The molecule has 0 aromatic carbocycles. The minimum absolute atomic E-state index is 0.140. The Morgan fingerprint density at radius 1 is 1.29 bits per heavy atom. The highest BCUT2D eigenvalue weighted by atomic mass is 32.2.